The van der Waals surface area contributed by atoms with E-state index in [1.54, 1.807) is 6.92 Å². The Morgan fingerprint density at radius 2 is 2.32 bits per heavy atom. The first-order valence-electron chi connectivity index (χ1n) is 5.72. The van der Waals surface area contributed by atoms with Gasteiger partial charge in [0.25, 0.3) is 0 Å². The second kappa shape index (κ2) is 5.47. The molecule has 104 valence electrons. The molecule has 0 saturated carbocycles. The molecule has 0 spiro atoms. The van der Waals surface area contributed by atoms with Gasteiger partial charge in [-0.2, -0.15) is 5.10 Å². The second-order valence-corrected chi connectivity index (χ2v) is 4.18. The van der Waals surface area contributed by atoms with Crippen LogP contribution in [0.5, 0.6) is 0 Å². The van der Waals surface area contributed by atoms with Crippen molar-refractivity contribution in [2.24, 2.45) is 0 Å². The molecular weight excluding hydrogens is 255 g/mol. The summed E-state index contributed by atoms with van der Waals surface area (Å²) in [7, 11) is 0. The molecule has 0 aromatic carbocycles. The minimum Gasteiger partial charge on any atom is -0.393 e. The zero-order valence-corrected chi connectivity index (χ0v) is 10.3. The van der Waals surface area contributed by atoms with Crippen molar-refractivity contribution in [2.75, 3.05) is 18.9 Å². The van der Waals surface area contributed by atoms with Crippen molar-refractivity contribution in [3.63, 3.8) is 0 Å². The minimum absolute atomic E-state index is 0.00552. The van der Waals surface area contributed by atoms with Gasteiger partial charge in [0.2, 0.25) is 0 Å². The third kappa shape index (κ3) is 2.65. The van der Waals surface area contributed by atoms with E-state index in [0.717, 1.165) is 0 Å². The molecule has 0 amide bonds. The lowest BCUT2D eigenvalue weighted by molar-refractivity contribution is -0.0308. The summed E-state index contributed by atoms with van der Waals surface area (Å²) in [5.41, 5.74) is 5.93. The van der Waals surface area contributed by atoms with Gasteiger partial charge in [-0.25, -0.2) is 13.9 Å². The maximum atomic E-state index is 13.8. The average Bonchev–Trinajstić information content (AvgIpc) is 2.69. The van der Waals surface area contributed by atoms with Gasteiger partial charge in [0, 0.05) is 6.07 Å². The van der Waals surface area contributed by atoms with Gasteiger partial charge in [0.15, 0.2) is 11.6 Å². The summed E-state index contributed by atoms with van der Waals surface area (Å²) in [5.74, 6) is -0.585. The van der Waals surface area contributed by atoms with Crippen molar-refractivity contribution in [3.8, 4) is 0 Å². The van der Waals surface area contributed by atoms with Crippen LogP contribution in [0.25, 0.3) is 5.52 Å². The predicted molar refractivity (Wildman–Crippen MR) is 64.8 cm³/mol. The summed E-state index contributed by atoms with van der Waals surface area (Å²) in [4.78, 5) is 3.70. The van der Waals surface area contributed by atoms with E-state index in [9.17, 15) is 14.6 Å². The normalized spacial score (nSPS) is 14.7. The molecular formula is C11H15FN4O3. The number of aromatic nitrogens is 3. The molecule has 2 atom stereocenters. The first kappa shape index (κ1) is 13.7. The Bertz CT molecular complexity index is 572. The van der Waals surface area contributed by atoms with Crippen LogP contribution in [0.3, 0.4) is 0 Å². The zero-order chi connectivity index (χ0) is 14.0. The molecule has 19 heavy (non-hydrogen) atoms. The van der Waals surface area contributed by atoms with Gasteiger partial charge in [-0.05, 0) is 6.92 Å². The van der Waals surface area contributed by atoms with Crippen LogP contribution in [0.1, 0.15) is 18.7 Å². The maximum absolute atomic E-state index is 13.8. The molecule has 7 nitrogen and oxygen atoms in total. The highest BCUT2D eigenvalue weighted by molar-refractivity contribution is 5.66. The van der Waals surface area contributed by atoms with E-state index in [0.29, 0.717) is 5.69 Å². The van der Waals surface area contributed by atoms with Gasteiger partial charge in [0.1, 0.15) is 17.9 Å². The van der Waals surface area contributed by atoms with Crippen molar-refractivity contribution in [1.82, 2.24) is 14.6 Å². The standard InChI is InChI=1S/C11H15FN4O3/c1-6(18)4-19-9(3-17)8-2-7(12)10-11(13)14-5-15-16(8)10/h2,5-6,9,17-18H,3-4H2,1H3,(H2,13,14,15)/t6-,9+/m0/s1. The first-order chi connectivity index (χ1) is 9.04. The Labute approximate surface area is 108 Å². The minimum atomic E-state index is -0.805. The summed E-state index contributed by atoms with van der Waals surface area (Å²) in [6.07, 6.45) is -0.306. The van der Waals surface area contributed by atoms with E-state index in [1.807, 2.05) is 0 Å². The van der Waals surface area contributed by atoms with Crippen molar-refractivity contribution in [3.05, 3.63) is 23.9 Å². The number of fused-ring (bicyclic) bond motifs is 1. The summed E-state index contributed by atoms with van der Waals surface area (Å²) in [6.45, 7) is 1.19. The molecule has 2 aromatic heterocycles. The molecule has 0 saturated heterocycles. The number of halogens is 1. The largest absolute Gasteiger partial charge is 0.393 e. The monoisotopic (exact) mass is 270 g/mol. The fraction of sp³-hybridized carbons (Fsp3) is 0.455. The van der Waals surface area contributed by atoms with Crippen molar-refractivity contribution in [2.45, 2.75) is 19.1 Å². The van der Waals surface area contributed by atoms with Crippen LogP contribution in [-0.4, -0.2) is 44.1 Å². The number of rotatable bonds is 5. The van der Waals surface area contributed by atoms with E-state index in [-0.39, 0.29) is 24.5 Å². The molecule has 8 heteroatoms. The summed E-state index contributed by atoms with van der Waals surface area (Å²) >= 11 is 0. The molecule has 0 unspecified atom stereocenters. The number of aliphatic hydroxyl groups is 2. The zero-order valence-electron chi connectivity index (χ0n) is 10.3. The second-order valence-electron chi connectivity index (χ2n) is 4.18. The van der Waals surface area contributed by atoms with Gasteiger partial charge in [0.05, 0.1) is 25.0 Å². The molecule has 0 fully saturated rings. The highest BCUT2D eigenvalue weighted by atomic mass is 19.1. The molecule has 0 aliphatic carbocycles. The lowest BCUT2D eigenvalue weighted by Crippen LogP contribution is -2.18. The van der Waals surface area contributed by atoms with Crippen LogP contribution in [-0.2, 0) is 4.74 Å². The van der Waals surface area contributed by atoms with Crippen LogP contribution < -0.4 is 5.73 Å². The van der Waals surface area contributed by atoms with Crippen molar-refractivity contribution >= 4 is 11.3 Å². The molecule has 2 heterocycles. The topological polar surface area (TPSA) is 106 Å². The van der Waals surface area contributed by atoms with E-state index in [4.69, 9.17) is 10.5 Å². The van der Waals surface area contributed by atoms with Gasteiger partial charge in [-0.3, -0.25) is 0 Å². The number of nitrogens with two attached hydrogens (primary N) is 1. The number of nitrogen functional groups attached to an aromatic ring is 1. The highest BCUT2D eigenvalue weighted by Crippen LogP contribution is 2.24. The molecule has 2 aromatic rings. The molecule has 4 N–H and O–H groups in total. The average molecular weight is 270 g/mol. The maximum Gasteiger partial charge on any atom is 0.154 e. The molecule has 0 aliphatic rings. The fourth-order valence-electron chi connectivity index (χ4n) is 1.76. The Kier molecular flexibility index (Phi) is 3.93. The predicted octanol–water partition coefficient (Wildman–Crippen LogP) is -0.119. The van der Waals surface area contributed by atoms with E-state index in [2.05, 4.69) is 10.1 Å². The van der Waals surface area contributed by atoms with Crippen LogP contribution >= 0.6 is 0 Å². The number of ether oxygens (including phenoxy) is 1. The fourth-order valence-corrected chi connectivity index (χ4v) is 1.76. The first-order valence-corrected chi connectivity index (χ1v) is 5.72. The molecule has 2 rings (SSSR count). The van der Waals surface area contributed by atoms with Crippen LogP contribution in [0.4, 0.5) is 10.2 Å². The van der Waals surface area contributed by atoms with E-state index in [1.165, 1.54) is 16.9 Å². The lowest BCUT2D eigenvalue weighted by atomic mass is 10.2. The SMILES string of the molecule is C[C@H](O)CO[C@H](CO)c1cc(F)c2c(N)ncnn12. The Morgan fingerprint density at radius 3 is 2.95 bits per heavy atom. The van der Waals surface area contributed by atoms with Crippen LogP contribution in [0.2, 0.25) is 0 Å². The van der Waals surface area contributed by atoms with Gasteiger partial charge < -0.3 is 20.7 Å². The Hall–Kier alpha value is -1.77. The third-order valence-corrected chi connectivity index (χ3v) is 2.60. The van der Waals surface area contributed by atoms with Gasteiger partial charge in [-0.1, -0.05) is 0 Å². The number of anilines is 1. The number of nitrogens with zero attached hydrogens (tertiary/aromatic N) is 3. The molecule has 0 aliphatic heterocycles. The number of hydrogen-bond donors (Lipinski definition) is 3. The Balaban J connectivity index is 2.41. The van der Waals surface area contributed by atoms with Crippen LogP contribution in [0, 0.1) is 5.82 Å². The summed E-state index contributed by atoms with van der Waals surface area (Å²) in [6, 6.07) is 1.18. The third-order valence-electron chi connectivity index (χ3n) is 2.60. The number of aliphatic hydroxyl groups excluding tert-OH is 2. The molecule has 0 bridgehead atoms. The molecule has 0 radical (unpaired) electrons. The smallest absolute Gasteiger partial charge is 0.154 e. The summed E-state index contributed by atoms with van der Waals surface area (Å²) < 4.78 is 20.3. The van der Waals surface area contributed by atoms with Crippen molar-refractivity contribution in [1.29, 1.82) is 0 Å². The highest BCUT2D eigenvalue weighted by Gasteiger charge is 2.21. The van der Waals surface area contributed by atoms with Crippen molar-refractivity contribution < 1.29 is 19.3 Å². The van der Waals surface area contributed by atoms with Gasteiger partial charge in [-0.15, -0.1) is 0 Å². The van der Waals surface area contributed by atoms with E-state index >= 15 is 0 Å². The summed E-state index contributed by atoms with van der Waals surface area (Å²) in [5, 5.41) is 22.4. The van der Waals surface area contributed by atoms with Crippen LogP contribution in [0.15, 0.2) is 12.4 Å². The van der Waals surface area contributed by atoms with E-state index < -0.39 is 18.0 Å². The van der Waals surface area contributed by atoms with Gasteiger partial charge >= 0.3 is 0 Å². The Morgan fingerprint density at radius 1 is 1.58 bits per heavy atom. The quantitative estimate of drug-likeness (QED) is 0.699. The lowest BCUT2D eigenvalue weighted by Gasteiger charge is -2.16. The number of hydrogen-bond acceptors (Lipinski definition) is 6.